The predicted molar refractivity (Wildman–Crippen MR) is 43.0 cm³/mol. The third kappa shape index (κ3) is 1.16. The Morgan fingerprint density at radius 1 is 1.64 bits per heavy atom. The molecule has 1 aromatic rings. The predicted octanol–water partition coefficient (Wildman–Crippen LogP) is 1.07. The molecule has 0 radical (unpaired) electrons. The summed E-state index contributed by atoms with van der Waals surface area (Å²) in [6.07, 6.45) is 7.84. The summed E-state index contributed by atoms with van der Waals surface area (Å²) in [4.78, 5) is 0. The number of rotatable bonds is 2. The third-order valence-corrected chi connectivity index (χ3v) is 2.34. The SMILES string of the molecule is NCc1cnn(C2CCC2)c1. The van der Waals surface area contributed by atoms with E-state index in [1.807, 2.05) is 10.9 Å². The fourth-order valence-corrected chi connectivity index (χ4v) is 1.33. The molecule has 2 rings (SSSR count). The van der Waals surface area contributed by atoms with Crippen LogP contribution in [-0.4, -0.2) is 9.78 Å². The van der Waals surface area contributed by atoms with Gasteiger partial charge in [-0.2, -0.15) is 5.10 Å². The first-order valence-electron chi connectivity index (χ1n) is 4.13. The summed E-state index contributed by atoms with van der Waals surface area (Å²) < 4.78 is 2.05. The fourth-order valence-electron chi connectivity index (χ4n) is 1.33. The van der Waals surface area contributed by atoms with Gasteiger partial charge in [0.2, 0.25) is 0 Å². The van der Waals surface area contributed by atoms with E-state index >= 15 is 0 Å². The van der Waals surface area contributed by atoms with Crippen molar-refractivity contribution in [2.45, 2.75) is 31.8 Å². The number of aromatic nitrogens is 2. The highest BCUT2D eigenvalue weighted by molar-refractivity contribution is 5.03. The number of nitrogens with two attached hydrogens (primary N) is 1. The molecule has 3 heteroatoms. The number of nitrogens with zero attached hydrogens (tertiary/aromatic N) is 2. The van der Waals surface area contributed by atoms with Crippen LogP contribution >= 0.6 is 0 Å². The Kier molecular flexibility index (Phi) is 1.66. The molecule has 2 N–H and O–H groups in total. The van der Waals surface area contributed by atoms with Crippen LogP contribution in [0.15, 0.2) is 12.4 Å². The van der Waals surface area contributed by atoms with Gasteiger partial charge < -0.3 is 5.73 Å². The van der Waals surface area contributed by atoms with E-state index in [2.05, 4.69) is 11.3 Å². The van der Waals surface area contributed by atoms with Gasteiger partial charge >= 0.3 is 0 Å². The van der Waals surface area contributed by atoms with Crippen LogP contribution < -0.4 is 5.73 Å². The number of hydrogen-bond donors (Lipinski definition) is 1. The summed E-state index contributed by atoms with van der Waals surface area (Å²) in [6, 6.07) is 0.662. The van der Waals surface area contributed by atoms with Gasteiger partial charge in [0, 0.05) is 18.3 Å². The second kappa shape index (κ2) is 2.66. The Balaban J connectivity index is 2.11. The zero-order valence-electron chi connectivity index (χ0n) is 6.53. The van der Waals surface area contributed by atoms with Gasteiger partial charge in [-0.3, -0.25) is 4.68 Å². The van der Waals surface area contributed by atoms with E-state index < -0.39 is 0 Å². The fraction of sp³-hybridized carbons (Fsp3) is 0.625. The molecule has 0 amide bonds. The van der Waals surface area contributed by atoms with E-state index in [4.69, 9.17) is 5.73 Å². The lowest BCUT2D eigenvalue weighted by Gasteiger charge is -2.25. The van der Waals surface area contributed by atoms with Crippen LogP contribution in [0, 0.1) is 0 Å². The van der Waals surface area contributed by atoms with Crippen molar-refractivity contribution in [2.24, 2.45) is 5.73 Å². The van der Waals surface area contributed by atoms with Crippen molar-refractivity contribution < 1.29 is 0 Å². The molecule has 11 heavy (non-hydrogen) atoms. The van der Waals surface area contributed by atoms with Crippen molar-refractivity contribution in [2.75, 3.05) is 0 Å². The van der Waals surface area contributed by atoms with Gasteiger partial charge in [0.15, 0.2) is 0 Å². The van der Waals surface area contributed by atoms with Crippen molar-refractivity contribution in [1.29, 1.82) is 0 Å². The molecular formula is C8H13N3. The van der Waals surface area contributed by atoms with Crippen molar-refractivity contribution in [3.8, 4) is 0 Å². The summed E-state index contributed by atoms with van der Waals surface area (Å²) in [7, 11) is 0. The van der Waals surface area contributed by atoms with Crippen LogP contribution in [-0.2, 0) is 6.54 Å². The zero-order valence-corrected chi connectivity index (χ0v) is 6.53. The molecule has 0 aromatic carbocycles. The molecule has 60 valence electrons. The van der Waals surface area contributed by atoms with E-state index in [0.29, 0.717) is 12.6 Å². The summed E-state index contributed by atoms with van der Waals surface area (Å²) in [6.45, 7) is 0.604. The summed E-state index contributed by atoms with van der Waals surface area (Å²) in [5.41, 5.74) is 6.61. The molecule has 0 saturated heterocycles. The van der Waals surface area contributed by atoms with Crippen LogP contribution in [0.1, 0.15) is 30.9 Å². The zero-order chi connectivity index (χ0) is 7.68. The van der Waals surface area contributed by atoms with Crippen molar-refractivity contribution >= 4 is 0 Å². The van der Waals surface area contributed by atoms with Crippen LogP contribution in [0.25, 0.3) is 0 Å². The summed E-state index contributed by atoms with van der Waals surface area (Å²) in [5, 5.41) is 4.25. The van der Waals surface area contributed by atoms with Gasteiger partial charge in [-0.05, 0) is 19.3 Å². The van der Waals surface area contributed by atoms with Crippen molar-refractivity contribution in [3.05, 3.63) is 18.0 Å². The molecule has 1 fully saturated rings. The van der Waals surface area contributed by atoms with Crippen LogP contribution in [0.5, 0.6) is 0 Å². The Labute approximate surface area is 66.2 Å². The molecule has 0 unspecified atom stereocenters. The standard InChI is InChI=1S/C8H13N3/c9-4-7-5-10-11(6-7)8-2-1-3-8/h5-6,8H,1-4,9H2. The normalized spacial score (nSPS) is 18.3. The molecular weight excluding hydrogens is 138 g/mol. The Bertz CT molecular complexity index is 237. The average Bonchev–Trinajstić information content (AvgIpc) is 2.32. The highest BCUT2D eigenvalue weighted by Crippen LogP contribution is 2.30. The first-order valence-corrected chi connectivity index (χ1v) is 4.13. The monoisotopic (exact) mass is 151 g/mol. The van der Waals surface area contributed by atoms with Gasteiger partial charge in [0.25, 0.3) is 0 Å². The Morgan fingerprint density at radius 3 is 2.91 bits per heavy atom. The molecule has 0 atom stereocenters. The second-order valence-electron chi connectivity index (χ2n) is 3.12. The van der Waals surface area contributed by atoms with Crippen LogP contribution in [0.4, 0.5) is 0 Å². The topological polar surface area (TPSA) is 43.8 Å². The highest BCUT2D eigenvalue weighted by atomic mass is 15.3. The molecule has 1 aliphatic rings. The van der Waals surface area contributed by atoms with Gasteiger partial charge in [-0.25, -0.2) is 0 Å². The minimum Gasteiger partial charge on any atom is -0.326 e. The molecule has 0 spiro atoms. The van der Waals surface area contributed by atoms with Gasteiger partial charge in [-0.15, -0.1) is 0 Å². The molecule has 1 aliphatic carbocycles. The first kappa shape index (κ1) is 6.85. The van der Waals surface area contributed by atoms with E-state index in [1.165, 1.54) is 19.3 Å². The maximum Gasteiger partial charge on any atom is 0.0534 e. The first-order chi connectivity index (χ1) is 5.40. The molecule has 1 saturated carbocycles. The maximum absolute atomic E-state index is 5.47. The van der Waals surface area contributed by atoms with E-state index in [1.54, 1.807) is 0 Å². The Hall–Kier alpha value is -0.830. The minimum atomic E-state index is 0.604. The third-order valence-electron chi connectivity index (χ3n) is 2.34. The Morgan fingerprint density at radius 2 is 2.45 bits per heavy atom. The van der Waals surface area contributed by atoms with E-state index in [-0.39, 0.29) is 0 Å². The van der Waals surface area contributed by atoms with Gasteiger partial charge in [-0.1, -0.05) is 0 Å². The van der Waals surface area contributed by atoms with Gasteiger partial charge in [0.1, 0.15) is 0 Å². The number of hydrogen-bond acceptors (Lipinski definition) is 2. The van der Waals surface area contributed by atoms with E-state index in [0.717, 1.165) is 5.56 Å². The molecule has 0 aliphatic heterocycles. The second-order valence-corrected chi connectivity index (χ2v) is 3.12. The average molecular weight is 151 g/mol. The molecule has 1 aromatic heterocycles. The van der Waals surface area contributed by atoms with E-state index in [9.17, 15) is 0 Å². The van der Waals surface area contributed by atoms with Crippen LogP contribution in [0.3, 0.4) is 0 Å². The smallest absolute Gasteiger partial charge is 0.0534 e. The lowest BCUT2D eigenvalue weighted by molar-refractivity contribution is 0.289. The highest BCUT2D eigenvalue weighted by Gasteiger charge is 2.19. The van der Waals surface area contributed by atoms with Crippen molar-refractivity contribution in [1.82, 2.24) is 9.78 Å². The van der Waals surface area contributed by atoms with Crippen LogP contribution in [0.2, 0.25) is 0 Å². The summed E-state index contributed by atoms with van der Waals surface area (Å²) in [5.74, 6) is 0. The lowest BCUT2D eigenvalue weighted by Crippen LogP contribution is -2.17. The lowest BCUT2D eigenvalue weighted by atomic mass is 9.93. The molecule has 3 nitrogen and oxygen atoms in total. The molecule has 1 heterocycles. The largest absolute Gasteiger partial charge is 0.326 e. The quantitative estimate of drug-likeness (QED) is 0.687. The molecule has 0 bridgehead atoms. The summed E-state index contributed by atoms with van der Waals surface area (Å²) >= 11 is 0. The minimum absolute atomic E-state index is 0.604. The van der Waals surface area contributed by atoms with Crippen molar-refractivity contribution in [3.63, 3.8) is 0 Å². The van der Waals surface area contributed by atoms with Gasteiger partial charge in [0.05, 0.1) is 12.2 Å². The maximum atomic E-state index is 5.47.